The molecule has 1 aliphatic carbocycles. The van der Waals surface area contributed by atoms with E-state index in [0.717, 1.165) is 5.92 Å². The zero-order chi connectivity index (χ0) is 12.4. The van der Waals surface area contributed by atoms with E-state index in [9.17, 15) is 0 Å². The number of nitrogens with two attached hydrogens (primary N) is 1. The molecule has 1 heterocycles. The zero-order valence-electron chi connectivity index (χ0n) is 11.7. The highest BCUT2D eigenvalue weighted by atomic mass is 15.3. The molecule has 0 spiro atoms. The van der Waals surface area contributed by atoms with Gasteiger partial charge in [-0.2, -0.15) is 0 Å². The van der Waals surface area contributed by atoms with E-state index in [1.807, 2.05) is 0 Å². The van der Waals surface area contributed by atoms with Crippen LogP contribution in [-0.2, 0) is 0 Å². The lowest BCUT2D eigenvalue weighted by Gasteiger charge is -2.45. The minimum atomic E-state index is 0.414. The van der Waals surface area contributed by atoms with Crippen molar-refractivity contribution < 1.29 is 0 Å². The molecule has 0 aromatic carbocycles. The van der Waals surface area contributed by atoms with Crippen molar-refractivity contribution >= 4 is 0 Å². The smallest absolute Gasteiger partial charge is 0.0250 e. The molecule has 0 amide bonds. The molecule has 17 heavy (non-hydrogen) atoms. The van der Waals surface area contributed by atoms with Crippen molar-refractivity contribution in [2.45, 2.75) is 58.2 Å². The van der Waals surface area contributed by atoms with Gasteiger partial charge in [0, 0.05) is 44.3 Å². The van der Waals surface area contributed by atoms with E-state index < -0.39 is 0 Å². The highest BCUT2D eigenvalue weighted by Crippen LogP contribution is 2.27. The van der Waals surface area contributed by atoms with Crippen LogP contribution in [0.15, 0.2) is 0 Å². The molecule has 2 rings (SSSR count). The van der Waals surface area contributed by atoms with Crippen molar-refractivity contribution in [2.24, 2.45) is 11.7 Å². The molecule has 1 saturated carbocycles. The molecule has 3 atom stereocenters. The second kappa shape index (κ2) is 5.68. The Bertz CT molecular complexity index is 234. The fraction of sp³-hybridized carbons (Fsp3) is 1.00. The molecule has 1 saturated heterocycles. The average molecular weight is 239 g/mol. The summed E-state index contributed by atoms with van der Waals surface area (Å²) in [6.07, 6.45) is 3.85. The quantitative estimate of drug-likeness (QED) is 0.793. The van der Waals surface area contributed by atoms with E-state index >= 15 is 0 Å². The van der Waals surface area contributed by atoms with Crippen LogP contribution in [0.3, 0.4) is 0 Å². The van der Waals surface area contributed by atoms with Gasteiger partial charge in [-0.15, -0.1) is 0 Å². The van der Waals surface area contributed by atoms with Crippen molar-refractivity contribution in [3.8, 4) is 0 Å². The Hall–Kier alpha value is -0.120. The first-order chi connectivity index (χ1) is 8.08. The molecule has 0 aromatic rings. The van der Waals surface area contributed by atoms with Gasteiger partial charge in [-0.05, 0) is 39.0 Å². The minimum absolute atomic E-state index is 0.414. The van der Waals surface area contributed by atoms with Gasteiger partial charge < -0.3 is 5.73 Å². The molecule has 2 N–H and O–H groups in total. The third-order valence-corrected chi connectivity index (χ3v) is 4.68. The van der Waals surface area contributed by atoms with E-state index in [1.54, 1.807) is 0 Å². The van der Waals surface area contributed by atoms with E-state index in [4.69, 9.17) is 5.73 Å². The van der Waals surface area contributed by atoms with E-state index in [1.165, 1.54) is 45.4 Å². The zero-order valence-corrected chi connectivity index (χ0v) is 11.7. The first-order valence-electron chi connectivity index (χ1n) is 7.31. The van der Waals surface area contributed by atoms with Crippen LogP contribution in [0.4, 0.5) is 0 Å². The van der Waals surface area contributed by atoms with Gasteiger partial charge in [0.15, 0.2) is 0 Å². The second-order valence-electron chi connectivity index (χ2n) is 6.32. The van der Waals surface area contributed by atoms with Crippen molar-refractivity contribution in [3.63, 3.8) is 0 Å². The Morgan fingerprint density at radius 1 is 1.06 bits per heavy atom. The lowest BCUT2D eigenvalue weighted by Crippen LogP contribution is -2.58. The van der Waals surface area contributed by atoms with Gasteiger partial charge >= 0.3 is 0 Å². The molecule has 100 valence electrons. The van der Waals surface area contributed by atoms with Gasteiger partial charge in [0.05, 0.1) is 0 Å². The van der Waals surface area contributed by atoms with Crippen LogP contribution >= 0.6 is 0 Å². The average Bonchev–Trinajstić information content (AvgIpc) is 2.32. The van der Waals surface area contributed by atoms with Crippen LogP contribution in [0.1, 0.15) is 40.0 Å². The number of rotatable bonds is 2. The van der Waals surface area contributed by atoms with Gasteiger partial charge in [0.1, 0.15) is 0 Å². The third-order valence-electron chi connectivity index (χ3n) is 4.68. The Labute approximate surface area is 106 Å². The van der Waals surface area contributed by atoms with Crippen LogP contribution < -0.4 is 5.73 Å². The van der Waals surface area contributed by atoms with Gasteiger partial charge in [0.25, 0.3) is 0 Å². The lowest BCUT2D eigenvalue weighted by molar-refractivity contribution is 0.0473. The van der Waals surface area contributed by atoms with Crippen molar-refractivity contribution in [1.29, 1.82) is 0 Å². The molecule has 3 unspecified atom stereocenters. The van der Waals surface area contributed by atoms with Crippen LogP contribution in [0.25, 0.3) is 0 Å². The first kappa shape index (κ1) is 13.3. The SMILES string of the molecule is CC1CCC(N)C(N2CCN(C(C)C)CC2)C1. The summed E-state index contributed by atoms with van der Waals surface area (Å²) in [6.45, 7) is 11.8. The summed E-state index contributed by atoms with van der Waals surface area (Å²) in [4.78, 5) is 5.23. The Morgan fingerprint density at radius 3 is 2.29 bits per heavy atom. The maximum atomic E-state index is 6.31. The summed E-state index contributed by atoms with van der Waals surface area (Å²) in [5.74, 6) is 0.864. The normalized spacial score (nSPS) is 37.6. The summed E-state index contributed by atoms with van der Waals surface area (Å²) < 4.78 is 0. The molecule has 2 fully saturated rings. The van der Waals surface area contributed by atoms with Gasteiger partial charge in [-0.1, -0.05) is 6.92 Å². The highest BCUT2D eigenvalue weighted by molar-refractivity contribution is 4.90. The number of piperazine rings is 1. The Kier molecular flexibility index (Phi) is 4.45. The van der Waals surface area contributed by atoms with Gasteiger partial charge in [-0.25, -0.2) is 0 Å². The monoisotopic (exact) mass is 239 g/mol. The predicted octanol–water partition coefficient (Wildman–Crippen LogP) is 1.53. The summed E-state index contributed by atoms with van der Waals surface area (Å²) in [5.41, 5.74) is 6.31. The number of hydrogen-bond acceptors (Lipinski definition) is 3. The van der Waals surface area contributed by atoms with Crippen LogP contribution in [0.2, 0.25) is 0 Å². The fourth-order valence-corrected chi connectivity index (χ4v) is 3.38. The summed E-state index contributed by atoms with van der Waals surface area (Å²) in [5, 5.41) is 0. The minimum Gasteiger partial charge on any atom is -0.326 e. The molecule has 0 radical (unpaired) electrons. The van der Waals surface area contributed by atoms with Crippen LogP contribution in [0.5, 0.6) is 0 Å². The Balaban J connectivity index is 1.87. The standard InChI is InChI=1S/C14H29N3/c1-11(2)16-6-8-17(9-7-16)14-10-12(3)4-5-13(14)15/h11-14H,4-10,15H2,1-3H3. The molecule has 0 aromatic heterocycles. The number of nitrogens with zero attached hydrogens (tertiary/aromatic N) is 2. The summed E-state index contributed by atoms with van der Waals surface area (Å²) >= 11 is 0. The van der Waals surface area contributed by atoms with Crippen LogP contribution in [-0.4, -0.2) is 54.1 Å². The number of hydrogen-bond donors (Lipinski definition) is 1. The highest BCUT2D eigenvalue weighted by Gasteiger charge is 2.32. The van der Waals surface area contributed by atoms with Crippen molar-refractivity contribution in [3.05, 3.63) is 0 Å². The molecule has 3 nitrogen and oxygen atoms in total. The molecule has 1 aliphatic heterocycles. The van der Waals surface area contributed by atoms with E-state index in [-0.39, 0.29) is 0 Å². The van der Waals surface area contributed by atoms with Gasteiger partial charge in [-0.3, -0.25) is 9.80 Å². The molecular formula is C14H29N3. The third kappa shape index (κ3) is 3.21. The second-order valence-corrected chi connectivity index (χ2v) is 6.32. The van der Waals surface area contributed by atoms with E-state index in [0.29, 0.717) is 18.1 Å². The van der Waals surface area contributed by atoms with E-state index in [2.05, 4.69) is 30.6 Å². The lowest BCUT2D eigenvalue weighted by atomic mass is 9.82. The fourth-order valence-electron chi connectivity index (χ4n) is 3.38. The maximum absolute atomic E-state index is 6.31. The molecule has 3 heteroatoms. The summed E-state index contributed by atoms with van der Waals surface area (Å²) in [6, 6.07) is 1.75. The Morgan fingerprint density at radius 2 is 1.71 bits per heavy atom. The summed E-state index contributed by atoms with van der Waals surface area (Å²) in [7, 11) is 0. The van der Waals surface area contributed by atoms with Crippen LogP contribution in [0, 0.1) is 5.92 Å². The molecular weight excluding hydrogens is 210 g/mol. The largest absolute Gasteiger partial charge is 0.326 e. The first-order valence-corrected chi connectivity index (χ1v) is 7.31. The van der Waals surface area contributed by atoms with Crippen molar-refractivity contribution in [1.82, 2.24) is 9.80 Å². The maximum Gasteiger partial charge on any atom is 0.0250 e. The van der Waals surface area contributed by atoms with Gasteiger partial charge in [0.2, 0.25) is 0 Å². The molecule has 2 aliphatic rings. The molecule has 0 bridgehead atoms. The topological polar surface area (TPSA) is 32.5 Å². The van der Waals surface area contributed by atoms with Crippen molar-refractivity contribution in [2.75, 3.05) is 26.2 Å². The predicted molar refractivity (Wildman–Crippen MR) is 73.1 cm³/mol.